The van der Waals surface area contributed by atoms with Crippen LogP contribution in [0.1, 0.15) is 47.8 Å². The van der Waals surface area contributed by atoms with E-state index in [1.165, 1.54) is 5.56 Å². The van der Waals surface area contributed by atoms with Crippen LogP contribution in [-0.2, 0) is 22.7 Å². The third-order valence-corrected chi connectivity index (χ3v) is 6.71. The average molecular weight is 560 g/mol. The first kappa shape index (κ1) is 30.0. The molecule has 4 aromatic rings. The minimum absolute atomic E-state index is 0.00801. The van der Waals surface area contributed by atoms with E-state index in [2.05, 4.69) is 41.2 Å². The molecular formula is C32H41N5O4. The van der Waals surface area contributed by atoms with Crippen molar-refractivity contribution in [2.75, 3.05) is 31.6 Å². The molecule has 1 unspecified atom stereocenters. The van der Waals surface area contributed by atoms with Crippen molar-refractivity contribution in [1.82, 2.24) is 19.9 Å². The first-order valence-corrected chi connectivity index (χ1v) is 14.2. The van der Waals surface area contributed by atoms with Crippen molar-refractivity contribution in [3.05, 3.63) is 82.7 Å². The first-order chi connectivity index (χ1) is 19.8. The van der Waals surface area contributed by atoms with Crippen LogP contribution in [0, 0.1) is 20.8 Å². The van der Waals surface area contributed by atoms with Gasteiger partial charge in [0.15, 0.2) is 0 Å². The average Bonchev–Trinajstić information content (AvgIpc) is 3.28. The Kier molecular flexibility index (Phi) is 10.7. The maximum atomic E-state index is 11.5. The smallest absolute Gasteiger partial charge is 0.308 e. The number of aliphatic hydroxyl groups is 1. The Morgan fingerprint density at radius 3 is 2.63 bits per heavy atom. The zero-order valence-corrected chi connectivity index (χ0v) is 24.4. The Balaban J connectivity index is 1.45. The maximum absolute atomic E-state index is 11.5. The summed E-state index contributed by atoms with van der Waals surface area (Å²) in [6, 6.07) is 18.4. The van der Waals surface area contributed by atoms with Crippen molar-refractivity contribution in [2.24, 2.45) is 0 Å². The minimum Gasteiger partial charge on any atom is -0.487 e. The molecule has 2 aromatic carbocycles. The number of carbonyl (C=O) groups is 1. The number of aromatic nitrogens is 3. The zero-order chi connectivity index (χ0) is 29.2. The molecule has 9 heteroatoms. The Hall–Kier alpha value is -3.95. The van der Waals surface area contributed by atoms with Gasteiger partial charge in [-0.2, -0.15) is 0 Å². The molecule has 0 saturated carbocycles. The number of carbonyl (C=O) groups excluding carboxylic acids is 1. The lowest BCUT2D eigenvalue weighted by molar-refractivity contribution is -0.145. The fourth-order valence-electron chi connectivity index (χ4n) is 4.76. The molecule has 0 spiro atoms. The summed E-state index contributed by atoms with van der Waals surface area (Å²) in [7, 11) is 0. The number of pyridine rings is 1. The molecule has 4 rings (SSSR count). The van der Waals surface area contributed by atoms with Crippen molar-refractivity contribution in [3.8, 4) is 5.75 Å². The molecule has 0 radical (unpaired) electrons. The number of rotatable bonds is 15. The second kappa shape index (κ2) is 14.6. The number of nitrogens with zero attached hydrogens (tertiary/aromatic N) is 3. The number of aryl methyl sites for hydroxylation is 3. The van der Waals surface area contributed by atoms with Crippen LogP contribution in [0.4, 0.5) is 5.95 Å². The number of esters is 1. The van der Waals surface area contributed by atoms with E-state index in [0.717, 1.165) is 51.7 Å². The van der Waals surface area contributed by atoms with Crippen molar-refractivity contribution in [1.29, 1.82) is 0 Å². The number of anilines is 1. The van der Waals surface area contributed by atoms with Gasteiger partial charge in [0, 0.05) is 18.8 Å². The number of ether oxygens (including phenoxy) is 2. The first-order valence-electron chi connectivity index (χ1n) is 14.2. The number of benzene rings is 2. The summed E-state index contributed by atoms with van der Waals surface area (Å²) in [4.78, 5) is 21.3. The summed E-state index contributed by atoms with van der Waals surface area (Å²) in [6.07, 6.45) is 0.0329. The minimum atomic E-state index is -0.766. The summed E-state index contributed by atoms with van der Waals surface area (Å²) in [6.45, 7) is 10.9. The number of hydrogen-bond donors (Lipinski definition) is 3. The highest BCUT2D eigenvalue weighted by molar-refractivity contribution is 5.83. The van der Waals surface area contributed by atoms with Crippen LogP contribution in [0.3, 0.4) is 0 Å². The molecule has 2 heterocycles. The third kappa shape index (κ3) is 8.52. The molecule has 2 aromatic heterocycles. The lowest BCUT2D eigenvalue weighted by atomic mass is 10.1. The Labute approximate surface area is 241 Å². The van der Waals surface area contributed by atoms with Crippen LogP contribution in [0.5, 0.6) is 5.75 Å². The summed E-state index contributed by atoms with van der Waals surface area (Å²) in [5, 5.41) is 16.7. The quantitative estimate of drug-likeness (QED) is 0.142. The number of fused-ring (bicyclic) bond motifs is 1. The van der Waals surface area contributed by atoms with Gasteiger partial charge in [0.25, 0.3) is 0 Å². The van der Waals surface area contributed by atoms with Crippen molar-refractivity contribution < 1.29 is 19.4 Å². The maximum Gasteiger partial charge on any atom is 0.308 e. The van der Waals surface area contributed by atoms with Crippen LogP contribution < -0.4 is 15.4 Å². The fourth-order valence-corrected chi connectivity index (χ4v) is 4.76. The monoisotopic (exact) mass is 559 g/mol. The highest BCUT2D eigenvalue weighted by Crippen LogP contribution is 2.28. The van der Waals surface area contributed by atoms with Gasteiger partial charge >= 0.3 is 5.97 Å². The summed E-state index contributed by atoms with van der Waals surface area (Å²) in [5.41, 5.74) is 7.17. The van der Waals surface area contributed by atoms with Crippen molar-refractivity contribution in [3.63, 3.8) is 0 Å². The van der Waals surface area contributed by atoms with Crippen LogP contribution >= 0.6 is 0 Å². The molecule has 0 amide bonds. The highest BCUT2D eigenvalue weighted by atomic mass is 16.5. The summed E-state index contributed by atoms with van der Waals surface area (Å²) < 4.78 is 13.3. The second-order valence-corrected chi connectivity index (χ2v) is 10.3. The normalized spacial score (nSPS) is 11.9. The van der Waals surface area contributed by atoms with Crippen molar-refractivity contribution in [2.45, 2.75) is 59.8 Å². The number of hydrogen-bond acceptors (Lipinski definition) is 8. The number of nitrogens with one attached hydrogen (secondary N) is 2. The highest BCUT2D eigenvalue weighted by Gasteiger charge is 2.17. The van der Waals surface area contributed by atoms with E-state index in [0.29, 0.717) is 39.4 Å². The van der Waals surface area contributed by atoms with E-state index in [-0.39, 0.29) is 12.4 Å². The van der Waals surface area contributed by atoms with E-state index in [9.17, 15) is 9.90 Å². The molecule has 3 N–H and O–H groups in total. The van der Waals surface area contributed by atoms with E-state index in [1.54, 1.807) is 6.92 Å². The molecule has 0 aliphatic carbocycles. The van der Waals surface area contributed by atoms with Gasteiger partial charge in [0.1, 0.15) is 18.1 Å². The Morgan fingerprint density at radius 1 is 1.05 bits per heavy atom. The standard InChI is InChI=1S/C32H41N5O4/c1-5-40-30(39)18-26(38)19-33-14-9-15-34-32-36-31-23(3)16-22(2)17-28(31)37(32)20-27-29(13-12-24(4)35-27)41-21-25-10-7-6-8-11-25/h6-8,10-13,16-17,26,33,38H,5,9,14-15,18-21H2,1-4H3,(H,34,36). The van der Waals surface area contributed by atoms with Crippen molar-refractivity contribution >= 4 is 23.0 Å². The molecule has 0 aliphatic rings. The predicted molar refractivity (Wildman–Crippen MR) is 161 cm³/mol. The summed E-state index contributed by atoms with van der Waals surface area (Å²) in [5.74, 6) is 1.14. The van der Waals surface area contributed by atoms with Gasteiger partial charge in [-0.3, -0.25) is 9.78 Å². The molecule has 0 bridgehead atoms. The zero-order valence-electron chi connectivity index (χ0n) is 24.4. The molecule has 218 valence electrons. The van der Waals surface area contributed by atoms with E-state index < -0.39 is 6.10 Å². The Bertz CT molecular complexity index is 1440. The lowest BCUT2D eigenvalue weighted by Crippen LogP contribution is -2.30. The van der Waals surface area contributed by atoms with Gasteiger partial charge in [-0.15, -0.1) is 0 Å². The molecule has 0 aliphatic heterocycles. The third-order valence-electron chi connectivity index (χ3n) is 6.71. The van der Waals surface area contributed by atoms with Crippen LogP contribution in [0.2, 0.25) is 0 Å². The molecule has 1 atom stereocenters. The fraction of sp³-hybridized carbons (Fsp3) is 0.406. The Morgan fingerprint density at radius 2 is 1.85 bits per heavy atom. The van der Waals surface area contributed by atoms with E-state index >= 15 is 0 Å². The predicted octanol–water partition coefficient (Wildman–Crippen LogP) is 4.69. The number of aliphatic hydroxyl groups excluding tert-OH is 1. The van der Waals surface area contributed by atoms with Crippen LogP contribution in [-0.4, -0.2) is 58.0 Å². The van der Waals surface area contributed by atoms with E-state index in [4.69, 9.17) is 19.4 Å². The van der Waals surface area contributed by atoms with Gasteiger partial charge in [-0.1, -0.05) is 36.4 Å². The largest absolute Gasteiger partial charge is 0.487 e. The van der Waals surface area contributed by atoms with Gasteiger partial charge < -0.3 is 29.8 Å². The van der Waals surface area contributed by atoms with Gasteiger partial charge in [0.2, 0.25) is 5.95 Å². The topological polar surface area (TPSA) is 111 Å². The SMILES string of the molecule is CCOC(=O)CC(O)CNCCCNc1nc2c(C)cc(C)cc2n1Cc1nc(C)ccc1OCc1ccccc1. The molecule has 0 fully saturated rings. The molecule has 0 saturated heterocycles. The van der Waals surface area contributed by atoms with Crippen LogP contribution in [0.15, 0.2) is 54.6 Å². The van der Waals surface area contributed by atoms with E-state index in [1.807, 2.05) is 49.4 Å². The van der Waals surface area contributed by atoms with Crippen LogP contribution in [0.25, 0.3) is 11.0 Å². The number of imidazole rings is 1. The van der Waals surface area contributed by atoms with Gasteiger partial charge in [-0.25, -0.2) is 4.98 Å². The lowest BCUT2D eigenvalue weighted by Gasteiger charge is -2.15. The molecule has 9 nitrogen and oxygen atoms in total. The molecular weight excluding hydrogens is 518 g/mol. The second-order valence-electron chi connectivity index (χ2n) is 10.3. The summed E-state index contributed by atoms with van der Waals surface area (Å²) >= 11 is 0. The van der Waals surface area contributed by atoms with Gasteiger partial charge in [0.05, 0.1) is 36.7 Å². The molecule has 41 heavy (non-hydrogen) atoms. The van der Waals surface area contributed by atoms with Gasteiger partial charge in [-0.05, 0) is 75.5 Å².